The fourth-order valence-electron chi connectivity index (χ4n) is 1.88. The van der Waals surface area contributed by atoms with Gasteiger partial charge in [-0.15, -0.1) is 0 Å². The van der Waals surface area contributed by atoms with Crippen LogP contribution in [0.2, 0.25) is 0 Å². The third-order valence-corrected chi connectivity index (χ3v) is 3.79. The first kappa shape index (κ1) is 14.0. The van der Waals surface area contributed by atoms with Gasteiger partial charge in [0.05, 0.1) is 10.2 Å². The molecule has 3 nitrogen and oxygen atoms in total. The molecule has 0 bridgehead atoms. The second-order valence-electron chi connectivity index (χ2n) is 5.04. The van der Waals surface area contributed by atoms with E-state index in [0.29, 0.717) is 18.2 Å². The second kappa shape index (κ2) is 5.70. The first-order valence-corrected chi connectivity index (χ1v) is 7.14. The maximum atomic E-state index is 5.94. The summed E-state index contributed by atoms with van der Waals surface area (Å²) in [4.78, 5) is 8.97. The molecule has 0 spiro atoms. The van der Waals surface area contributed by atoms with Crippen molar-refractivity contribution in [3.63, 3.8) is 0 Å². The van der Waals surface area contributed by atoms with Crippen LogP contribution in [0.4, 0.5) is 5.82 Å². The number of benzene rings is 1. The minimum absolute atomic E-state index is 0.316. The van der Waals surface area contributed by atoms with Crippen molar-refractivity contribution in [1.82, 2.24) is 9.97 Å². The first-order chi connectivity index (χ1) is 8.97. The van der Waals surface area contributed by atoms with Crippen LogP contribution in [0, 0.1) is 6.92 Å². The lowest BCUT2D eigenvalue weighted by Gasteiger charge is -2.11. The fourth-order valence-corrected chi connectivity index (χ4v) is 2.52. The van der Waals surface area contributed by atoms with Gasteiger partial charge >= 0.3 is 0 Å². The third kappa shape index (κ3) is 3.32. The van der Waals surface area contributed by atoms with Gasteiger partial charge in [0.1, 0.15) is 11.6 Å². The number of nitrogen functional groups attached to an aromatic ring is 1. The Morgan fingerprint density at radius 2 is 1.79 bits per heavy atom. The normalized spacial score (nSPS) is 11.0. The Morgan fingerprint density at radius 1 is 1.16 bits per heavy atom. The van der Waals surface area contributed by atoms with Crippen LogP contribution in [0.1, 0.15) is 42.4 Å². The number of hydrogen-bond donors (Lipinski definition) is 1. The van der Waals surface area contributed by atoms with E-state index in [4.69, 9.17) is 5.73 Å². The number of aromatic nitrogens is 2. The third-order valence-electron chi connectivity index (χ3n) is 2.98. The largest absolute Gasteiger partial charge is 0.383 e. The SMILES string of the molecule is Cc1ccc(Cc2nc(N)c(Br)c(C(C)C)n2)cc1. The zero-order valence-corrected chi connectivity index (χ0v) is 13.0. The number of hydrogen-bond acceptors (Lipinski definition) is 3. The Morgan fingerprint density at radius 3 is 2.37 bits per heavy atom. The standard InChI is InChI=1S/C15H18BrN3/c1-9(2)14-13(16)15(17)19-12(18-14)8-11-6-4-10(3)5-7-11/h4-7,9H,8H2,1-3H3,(H2,17,18,19). The van der Waals surface area contributed by atoms with E-state index in [2.05, 4.69) is 70.9 Å². The van der Waals surface area contributed by atoms with Crippen molar-refractivity contribution in [3.05, 3.63) is 51.4 Å². The molecular formula is C15H18BrN3. The Labute approximate surface area is 122 Å². The molecule has 0 amide bonds. The molecule has 0 atom stereocenters. The summed E-state index contributed by atoms with van der Waals surface area (Å²) in [5, 5.41) is 0. The summed E-state index contributed by atoms with van der Waals surface area (Å²) < 4.78 is 0.815. The highest BCUT2D eigenvalue weighted by Crippen LogP contribution is 2.27. The Bertz CT molecular complexity index is 577. The van der Waals surface area contributed by atoms with Gasteiger partial charge in [-0.1, -0.05) is 43.7 Å². The van der Waals surface area contributed by atoms with Crippen molar-refractivity contribution in [2.45, 2.75) is 33.1 Å². The summed E-state index contributed by atoms with van der Waals surface area (Å²) in [6.45, 7) is 6.28. The van der Waals surface area contributed by atoms with Crippen molar-refractivity contribution in [2.75, 3.05) is 5.73 Å². The second-order valence-corrected chi connectivity index (χ2v) is 5.83. The summed E-state index contributed by atoms with van der Waals surface area (Å²) >= 11 is 3.46. The van der Waals surface area contributed by atoms with Gasteiger partial charge in [-0.05, 0) is 34.3 Å². The van der Waals surface area contributed by atoms with E-state index >= 15 is 0 Å². The van der Waals surface area contributed by atoms with Crippen LogP contribution < -0.4 is 5.73 Å². The molecule has 19 heavy (non-hydrogen) atoms. The van der Waals surface area contributed by atoms with Gasteiger partial charge in [0, 0.05) is 6.42 Å². The molecule has 0 unspecified atom stereocenters. The van der Waals surface area contributed by atoms with Gasteiger partial charge in [-0.25, -0.2) is 9.97 Å². The van der Waals surface area contributed by atoms with E-state index in [1.807, 2.05) is 0 Å². The molecule has 2 aromatic rings. The van der Waals surface area contributed by atoms with Gasteiger partial charge in [-0.2, -0.15) is 0 Å². The minimum Gasteiger partial charge on any atom is -0.383 e. The average molecular weight is 320 g/mol. The lowest BCUT2D eigenvalue weighted by molar-refractivity contribution is 0.786. The molecule has 0 fully saturated rings. The highest BCUT2D eigenvalue weighted by atomic mass is 79.9. The Kier molecular flexibility index (Phi) is 4.20. The molecule has 1 heterocycles. The van der Waals surface area contributed by atoms with Crippen molar-refractivity contribution < 1.29 is 0 Å². The maximum Gasteiger partial charge on any atom is 0.141 e. The summed E-state index contributed by atoms with van der Waals surface area (Å²) in [5.41, 5.74) is 9.36. The van der Waals surface area contributed by atoms with Crippen molar-refractivity contribution in [3.8, 4) is 0 Å². The number of anilines is 1. The van der Waals surface area contributed by atoms with Gasteiger partial charge in [0.15, 0.2) is 0 Å². The summed E-state index contributed by atoms with van der Waals surface area (Å²) in [7, 11) is 0. The zero-order chi connectivity index (χ0) is 14.0. The number of aryl methyl sites for hydroxylation is 1. The molecule has 0 radical (unpaired) electrons. The topological polar surface area (TPSA) is 51.8 Å². The summed E-state index contributed by atoms with van der Waals surface area (Å²) in [6.07, 6.45) is 0.706. The quantitative estimate of drug-likeness (QED) is 0.935. The molecule has 4 heteroatoms. The fraction of sp³-hybridized carbons (Fsp3) is 0.333. The number of halogens is 1. The summed E-state index contributed by atoms with van der Waals surface area (Å²) in [6, 6.07) is 8.40. The predicted molar refractivity (Wildman–Crippen MR) is 82.2 cm³/mol. The van der Waals surface area contributed by atoms with Gasteiger partial charge in [0.25, 0.3) is 0 Å². The van der Waals surface area contributed by atoms with Gasteiger partial charge < -0.3 is 5.73 Å². The number of nitrogens with two attached hydrogens (primary N) is 1. The van der Waals surface area contributed by atoms with Gasteiger partial charge in [0.2, 0.25) is 0 Å². The molecule has 0 aliphatic rings. The van der Waals surface area contributed by atoms with Crippen LogP contribution in [-0.4, -0.2) is 9.97 Å². The Hall–Kier alpha value is -1.42. The number of rotatable bonds is 3. The minimum atomic E-state index is 0.316. The van der Waals surface area contributed by atoms with E-state index in [1.165, 1.54) is 11.1 Å². The van der Waals surface area contributed by atoms with Crippen LogP contribution in [0.15, 0.2) is 28.7 Å². The van der Waals surface area contributed by atoms with Crippen molar-refractivity contribution >= 4 is 21.7 Å². The molecule has 0 aliphatic heterocycles. The molecule has 0 aliphatic carbocycles. The number of nitrogens with zero attached hydrogens (tertiary/aromatic N) is 2. The molecule has 0 saturated carbocycles. The molecule has 0 saturated heterocycles. The van der Waals surface area contributed by atoms with E-state index in [0.717, 1.165) is 16.0 Å². The average Bonchev–Trinajstić information content (AvgIpc) is 2.36. The predicted octanol–water partition coefficient (Wildman–Crippen LogP) is 3.84. The molecule has 100 valence electrons. The van der Waals surface area contributed by atoms with E-state index in [1.54, 1.807) is 0 Å². The van der Waals surface area contributed by atoms with Crippen LogP contribution in [0.3, 0.4) is 0 Å². The molecule has 1 aromatic heterocycles. The first-order valence-electron chi connectivity index (χ1n) is 6.34. The van der Waals surface area contributed by atoms with E-state index in [-0.39, 0.29) is 0 Å². The van der Waals surface area contributed by atoms with E-state index in [9.17, 15) is 0 Å². The maximum absolute atomic E-state index is 5.94. The zero-order valence-electron chi connectivity index (χ0n) is 11.4. The van der Waals surface area contributed by atoms with Crippen LogP contribution in [0.25, 0.3) is 0 Å². The molecule has 2 rings (SSSR count). The van der Waals surface area contributed by atoms with Crippen LogP contribution in [0.5, 0.6) is 0 Å². The van der Waals surface area contributed by atoms with Crippen LogP contribution >= 0.6 is 15.9 Å². The lowest BCUT2D eigenvalue weighted by Crippen LogP contribution is -2.07. The van der Waals surface area contributed by atoms with Crippen molar-refractivity contribution in [2.24, 2.45) is 0 Å². The Balaban J connectivity index is 2.33. The highest BCUT2D eigenvalue weighted by molar-refractivity contribution is 9.10. The molecular weight excluding hydrogens is 302 g/mol. The molecule has 2 N–H and O–H groups in total. The lowest BCUT2D eigenvalue weighted by atomic mass is 10.1. The van der Waals surface area contributed by atoms with E-state index < -0.39 is 0 Å². The van der Waals surface area contributed by atoms with Crippen molar-refractivity contribution in [1.29, 1.82) is 0 Å². The smallest absolute Gasteiger partial charge is 0.141 e. The van der Waals surface area contributed by atoms with Crippen LogP contribution in [-0.2, 0) is 6.42 Å². The van der Waals surface area contributed by atoms with Gasteiger partial charge in [-0.3, -0.25) is 0 Å². The highest BCUT2D eigenvalue weighted by Gasteiger charge is 2.13. The monoisotopic (exact) mass is 319 g/mol. The summed E-state index contributed by atoms with van der Waals surface area (Å²) in [5.74, 6) is 1.60. The molecule has 1 aromatic carbocycles.